The van der Waals surface area contributed by atoms with E-state index in [1.807, 2.05) is 0 Å². The molecule has 0 bridgehead atoms. The Kier molecular flexibility index (Phi) is 6.51. The molecule has 42 heavy (non-hydrogen) atoms. The number of nitrogens with zero attached hydrogens (tertiary/aromatic N) is 1. The molecule has 210 valence electrons. The zero-order valence-corrected chi connectivity index (χ0v) is 23.5. The fourth-order valence-electron chi connectivity index (χ4n) is 4.72. The summed E-state index contributed by atoms with van der Waals surface area (Å²) in [5.41, 5.74) is 2.12. The molecule has 2 aliphatic rings. The highest BCUT2D eigenvalue weighted by Crippen LogP contribution is 2.43. The summed E-state index contributed by atoms with van der Waals surface area (Å²) in [5, 5.41) is 7.60. The van der Waals surface area contributed by atoms with Gasteiger partial charge in [-0.3, -0.25) is 14.6 Å². The summed E-state index contributed by atoms with van der Waals surface area (Å²) in [4.78, 5) is 30.1. The average molecular weight is 600 g/mol. The van der Waals surface area contributed by atoms with Crippen molar-refractivity contribution in [3.05, 3.63) is 106 Å². The van der Waals surface area contributed by atoms with Crippen LogP contribution in [0.1, 0.15) is 32.0 Å². The Bertz CT molecular complexity index is 2070. The number of ether oxygens (including phenoxy) is 1. The molecular weight excluding hydrogens is 578 g/mol. The van der Waals surface area contributed by atoms with Gasteiger partial charge < -0.3 is 15.4 Å². The van der Waals surface area contributed by atoms with Crippen LogP contribution >= 0.6 is 0 Å². The molecular formula is C30H21N3O7S2. The molecule has 0 saturated carbocycles. The minimum Gasteiger partial charge on any atom is -0.497 e. The lowest BCUT2D eigenvalue weighted by atomic mass is 9.95. The molecule has 6 rings (SSSR count). The average Bonchev–Trinajstić information content (AvgIpc) is 3.46. The van der Waals surface area contributed by atoms with Crippen LogP contribution in [0.5, 0.6) is 5.75 Å². The molecule has 2 N–H and O–H groups in total. The number of pyridine rings is 1. The Morgan fingerprint density at radius 3 is 2.21 bits per heavy atom. The summed E-state index contributed by atoms with van der Waals surface area (Å²) in [7, 11) is -6.07. The predicted molar refractivity (Wildman–Crippen MR) is 157 cm³/mol. The van der Waals surface area contributed by atoms with E-state index in [0.717, 1.165) is 10.8 Å². The lowest BCUT2D eigenvalue weighted by Gasteiger charge is -2.18. The van der Waals surface area contributed by atoms with Gasteiger partial charge >= 0.3 is 0 Å². The molecule has 1 aromatic heterocycles. The van der Waals surface area contributed by atoms with Crippen LogP contribution in [-0.4, -0.2) is 40.7 Å². The molecule has 0 saturated heterocycles. The number of nitrogens with one attached hydrogen (secondary N) is 2. The monoisotopic (exact) mass is 599 g/mol. The standard InChI is InChI=1S/C30H21N3O7S2/c1-40-21-7-5-18(6-8-21)29(34)33-26-17-27-19(9-12-41(27,36)37)14-24(26)23-15-20(16-28-22(23)10-13-42(28,38)39)32-30(35)25-4-2-3-11-31-25/h2-17H,1H3,(H,32,35)(H,33,34). The van der Waals surface area contributed by atoms with E-state index in [9.17, 15) is 26.4 Å². The second-order valence-corrected chi connectivity index (χ2v) is 13.0. The molecule has 4 aromatic rings. The zero-order chi connectivity index (χ0) is 29.6. The molecule has 0 spiro atoms. The maximum absolute atomic E-state index is 13.3. The maximum atomic E-state index is 13.3. The number of anilines is 2. The first-order chi connectivity index (χ1) is 20.1. The van der Waals surface area contributed by atoms with Crippen molar-refractivity contribution >= 4 is 55.0 Å². The van der Waals surface area contributed by atoms with Crippen molar-refractivity contribution in [3.63, 3.8) is 0 Å². The van der Waals surface area contributed by atoms with Crippen molar-refractivity contribution in [2.24, 2.45) is 0 Å². The summed E-state index contributed by atoms with van der Waals surface area (Å²) in [6.45, 7) is 0. The molecule has 10 nitrogen and oxygen atoms in total. The van der Waals surface area contributed by atoms with E-state index in [4.69, 9.17) is 4.74 Å². The van der Waals surface area contributed by atoms with Crippen molar-refractivity contribution in [1.29, 1.82) is 0 Å². The van der Waals surface area contributed by atoms with Gasteiger partial charge in [0.15, 0.2) is 0 Å². The number of hydrogen-bond donors (Lipinski definition) is 2. The van der Waals surface area contributed by atoms with Crippen LogP contribution in [0.25, 0.3) is 23.3 Å². The second kappa shape index (κ2) is 10.1. The van der Waals surface area contributed by atoms with Crippen molar-refractivity contribution in [2.75, 3.05) is 17.7 Å². The molecule has 3 heterocycles. The summed E-state index contributed by atoms with van der Waals surface area (Å²) in [6, 6.07) is 17.0. The number of carbonyl (C=O) groups excluding carboxylic acids is 2. The van der Waals surface area contributed by atoms with Gasteiger partial charge in [-0.1, -0.05) is 6.07 Å². The van der Waals surface area contributed by atoms with Crippen molar-refractivity contribution in [1.82, 2.24) is 4.98 Å². The van der Waals surface area contributed by atoms with Crippen LogP contribution < -0.4 is 15.4 Å². The molecule has 0 aliphatic carbocycles. The minimum absolute atomic E-state index is 0.00398. The van der Waals surface area contributed by atoms with E-state index >= 15 is 0 Å². The molecule has 0 unspecified atom stereocenters. The predicted octanol–water partition coefficient (Wildman–Crippen LogP) is 4.78. The lowest BCUT2D eigenvalue weighted by Crippen LogP contribution is -2.15. The molecule has 2 aliphatic heterocycles. The van der Waals surface area contributed by atoms with Gasteiger partial charge in [0.25, 0.3) is 11.8 Å². The third kappa shape index (κ3) is 4.86. The van der Waals surface area contributed by atoms with Crippen LogP contribution in [-0.2, 0) is 19.7 Å². The van der Waals surface area contributed by atoms with E-state index in [0.29, 0.717) is 28.0 Å². The van der Waals surface area contributed by atoms with Crippen LogP contribution in [0, 0.1) is 0 Å². The normalized spacial score (nSPS) is 15.1. The van der Waals surface area contributed by atoms with E-state index in [1.165, 1.54) is 43.7 Å². The van der Waals surface area contributed by atoms with Crippen molar-refractivity contribution in [3.8, 4) is 16.9 Å². The number of methoxy groups -OCH3 is 1. The molecule has 3 aromatic carbocycles. The van der Waals surface area contributed by atoms with Gasteiger partial charge in [-0.25, -0.2) is 16.8 Å². The molecule has 0 fully saturated rings. The topological polar surface area (TPSA) is 149 Å². The smallest absolute Gasteiger partial charge is 0.274 e. The van der Waals surface area contributed by atoms with E-state index in [1.54, 1.807) is 48.5 Å². The molecule has 0 radical (unpaired) electrons. The van der Waals surface area contributed by atoms with Crippen LogP contribution in [0.3, 0.4) is 0 Å². The Morgan fingerprint density at radius 1 is 0.762 bits per heavy atom. The van der Waals surface area contributed by atoms with Gasteiger partial charge in [0.2, 0.25) is 19.7 Å². The van der Waals surface area contributed by atoms with Gasteiger partial charge in [0.05, 0.1) is 22.6 Å². The highest BCUT2D eigenvalue weighted by Gasteiger charge is 2.29. The summed E-state index contributed by atoms with van der Waals surface area (Å²) in [6.07, 6.45) is 4.32. The fraction of sp³-hybridized carbons (Fsp3) is 0.0333. The number of sulfone groups is 2. The van der Waals surface area contributed by atoms with Crippen molar-refractivity contribution in [2.45, 2.75) is 9.79 Å². The first-order valence-electron chi connectivity index (χ1n) is 12.5. The number of aromatic nitrogens is 1. The number of hydrogen-bond acceptors (Lipinski definition) is 8. The van der Waals surface area contributed by atoms with Gasteiger partial charge in [-0.15, -0.1) is 0 Å². The Balaban J connectivity index is 1.50. The third-order valence-corrected chi connectivity index (χ3v) is 9.70. The lowest BCUT2D eigenvalue weighted by molar-refractivity contribution is 0.101. The maximum Gasteiger partial charge on any atom is 0.274 e. The van der Waals surface area contributed by atoms with Crippen LogP contribution in [0.15, 0.2) is 93.5 Å². The number of amides is 2. The van der Waals surface area contributed by atoms with E-state index in [-0.39, 0.29) is 32.4 Å². The van der Waals surface area contributed by atoms with E-state index in [2.05, 4.69) is 15.6 Å². The Hall–Kier alpha value is -5.07. The molecule has 12 heteroatoms. The Labute approximate surface area is 241 Å². The van der Waals surface area contributed by atoms with Gasteiger partial charge in [-0.2, -0.15) is 0 Å². The number of benzene rings is 3. The summed E-state index contributed by atoms with van der Waals surface area (Å²) >= 11 is 0. The second-order valence-electron chi connectivity index (χ2n) is 9.42. The van der Waals surface area contributed by atoms with Crippen LogP contribution in [0.4, 0.5) is 11.4 Å². The molecule has 2 amide bonds. The number of fused-ring (bicyclic) bond motifs is 2. The molecule has 0 atom stereocenters. The van der Waals surface area contributed by atoms with Crippen molar-refractivity contribution < 1.29 is 31.2 Å². The highest BCUT2D eigenvalue weighted by molar-refractivity contribution is 7.95. The first kappa shape index (κ1) is 27.1. The quantitative estimate of drug-likeness (QED) is 0.322. The largest absolute Gasteiger partial charge is 0.497 e. The third-order valence-electron chi connectivity index (χ3n) is 6.79. The van der Waals surface area contributed by atoms with E-state index < -0.39 is 31.5 Å². The number of carbonyl (C=O) groups is 2. The number of rotatable bonds is 6. The zero-order valence-electron chi connectivity index (χ0n) is 21.9. The summed E-state index contributed by atoms with van der Waals surface area (Å²) < 4.78 is 56.4. The summed E-state index contributed by atoms with van der Waals surface area (Å²) in [5.74, 6) is -0.530. The Morgan fingerprint density at radius 2 is 1.50 bits per heavy atom. The SMILES string of the molecule is COc1ccc(C(=O)Nc2cc3c(cc2-c2cc(NC(=O)c4ccccn4)cc4c2C=CS4(=O)=O)C=CS3(=O)=O)cc1. The van der Waals surface area contributed by atoms with Gasteiger partial charge in [-0.05, 0) is 83.9 Å². The minimum atomic E-state index is -3.83. The fourth-order valence-corrected chi connectivity index (χ4v) is 7.17. The highest BCUT2D eigenvalue weighted by atomic mass is 32.2. The van der Waals surface area contributed by atoms with Gasteiger partial charge in [0, 0.05) is 39.4 Å². The van der Waals surface area contributed by atoms with Crippen LogP contribution in [0.2, 0.25) is 0 Å². The van der Waals surface area contributed by atoms with Gasteiger partial charge in [0.1, 0.15) is 11.4 Å². The first-order valence-corrected chi connectivity index (χ1v) is 15.6.